The van der Waals surface area contributed by atoms with Crippen molar-refractivity contribution in [2.24, 2.45) is 20.5 Å². The summed E-state index contributed by atoms with van der Waals surface area (Å²) in [5.41, 5.74) is 72.0. The Balaban J connectivity index is 0.000000163. The number of rotatable bonds is 12. The van der Waals surface area contributed by atoms with Crippen LogP contribution in [-0.4, -0.2) is 39.9 Å². The Hall–Kier alpha value is -10.6. The quantitative estimate of drug-likeness (QED) is 0.0508. The van der Waals surface area contributed by atoms with Gasteiger partial charge in [0.05, 0.1) is 22.7 Å². The molecule has 8 aromatic heterocycles. The van der Waals surface area contributed by atoms with Gasteiger partial charge in [-0.15, -0.1) is 10.2 Å². The summed E-state index contributed by atoms with van der Waals surface area (Å²) in [5.74, 6) is 2.49. The Morgan fingerprint density at radius 1 is 0.333 bits per heavy atom. The van der Waals surface area contributed by atoms with Gasteiger partial charge in [0.15, 0.2) is 11.6 Å². The van der Waals surface area contributed by atoms with E-state index in [1.54, 1.807) is 72.8 Å². The number of benzene rings is 2. The number of pyridine rings is 8. The van der Waals surface area contributed by atoms with Crippen molar-refractivity contribution in [2.75, 3.05) is 57.3 Å². The van der Waals surface area contributed by atoms with E-state index in [1.165, 1.54) is 0 Å². The van der Waals surface area contributed by atoms with Crippen molar-refractivity contribution in [3.05, 3.63) is 223 Å². The van der Waals surface area contributed by atoms with E-state index in [0.717, 1.165) is 67.8 Å². The molecule has 0 aliphatic carbocycles. The second-order valence-corrected chi connectivity index (χ2v) is 19.9. The minimum atomic E-state index is 0.233. The van der Waals surface area contributed by atoms with E-state index in [0.29, 0.717) is 93.1 Å². The molecule has 20 N–H and O–H groups in total. The molecule has 0 spiro atoms. The normalized spacial score (nSPS) is 10.8. The highest BCUT2D eigenvalue weighted by molar-refractivity contribution is 6.30. The van der Waals surface area contributed by atoms with Crippen molar-refractivity contribution >= 4 is 104 Å². The Morgan fingerprint density at radius 2 is 0.714 bits per heavy atom. The van der Waals surface area contributed by atoms with Gasteiger partial charge in [0.25, 0.3) is 0 Å². The lowest BCUT2D eigenvalue weighted by molar-refractivity contribution is 1.03. The topological polar surface area (TPSA) is 413 Å². The monoisotopic (exact) mass is 1160 g/mol. The van der Waals surface area contributed by atoms with Crippen molar-refractivity contribution in [1.29, 1.82) is 0 Å². The first-order chi connectivity index (χ1) is 40.1. The van der Waals surface area contributed by atoms with E-state index in [1.807, 2.05) is 100 Å². The molecule has 22 nitrogen and oxygen atoms in total. The zero-order chi connectivity index (χ0) is 60.5. The average Bonchev–Trinajstić information content (AvgIpc) is 3.61. The molecule has 0 radical (unpaired) electrons. The van der Waals surface area contributed by atoms with Gasteiger partial charge in [-0.2, -0.15) is 10.2 Å². The smallest absolute Gasteiger partial charge is 0.154 e. The molecule has 0 unspecified atom stereocenters. The molecule has 0 aliphatic rings. The maximum absolute atomic E-state index is 6.01. The first-order valence-corrected chi connectivity index (χ1v) is 26.6. The fourth-order valence-corrected chi connectivity index (χ4v) is 8.28. The van der Waals surface area contributed by atoms with Crippen LogP contribution in [-0.2, 0) is 25.7 Å². The van der Waals surface area contributed by atoms with Gasteiger partial charge in [-0.05, 0) is 160 Å². The van der Waals surface area contributed by atoms with E-state index >= 15 is 0 Å². The molecule has 0 saturated carbocycles. The number of halogens is 2. The summed E-state index contributed by atoms with van der Waals surface area (Å²) in [4.78, 5) is 34.0. The van der Waals surface area contributed by atoms with Crippen molar-refractivity contribution in [3.8, 4) is 0 Å². The van der Waals surface area contributed by atoms with Crippen molar-refractivity contribution in [1.82, 2.24) is 39.9 Å². The van der Waals surface area contributed by atoms with Crippen LogP contribution in [0.4, 0.5) is 80.7 Å². The van der Waals surface area contributed by atoms with E-state index in [2.05, 4.69) is 60.3 Å². The van der Waals surface area contributed by atoms with Gasteiger partial charge in [-0.25, -0.2) is 19.9 Å². The number of hydrogen-bond acceptors (Lipinski definition) is 22. The molecule has 0 aliphatic heterocycles. The third-order valence-corrected chi connectivity index (χ3v) is 12.6. The molecule has 0 amide bonds. The number of hydrogen-bond donors (Lipinski definition) is 10. The Kier molecular flexibility index (Phi) is 20.9. The van der Waals surface area contributed by atoms with Crippen LogP contribution in [0.15, 0.2) is 166 Å². The van der Waals surface area contributed by atoms with Crippen LogP contribution < -0.4 is 57.3 Å². The van der Waals surface area contributed by atoms with Crippen LogP contribution in [0, 0.1) is 27.7 Å². The number of nitrogens with two attached hydrogens (primary N) is 10. The van der Waals surface area contributed by atoms with Crippen LogP contribution >= 0.6 is 23.2 Å². The van der Waals surface area contributed by atoms with Gasteiger partial charge in [0, 0.05) is 92.4 Å². The predicted octanol–water partition coefficient (Wildman–Crippen LogP) is 11.5. The Labute approximate surface area is 496 Å². The minimum Gasteiger partial charge on any atom is -0.396 e. The van der Waals surface area contributed by atoms with Gasteiger partial charge in [-0.1, -0.05) is 47.5 Å². The third kappa shape index (κ3) is 18.2. The summed E-state index contributed by atoms with van der Waals surface area (Å²) in [6.45, 7) is 7.78. The predicted molar refractivity (Wildman–Crippen MR) is 339 cm³/mol. The highest BCUT2D eigenvalue weighted by atomic mass is 35.5. The first kappa shape index (κ1) is 61.0. The number of nitrogens with zero attached hydrogens (tertiary/aromatic N) is 12. The van der Waals surface area contributed by atoms with Gasteiger partial charge >= 0.3 is 0 Å². The lowest BCUT2D eigenvalue weighted by Gasteiger charge is -2.09. The fraction of sp³-hybridized carbons (Fsp3) is 0.133. The molecule has 10 rings (SSSR count). The van der Waals surface area contributed by atoms with Crippen molar-refractivity contribution < 1.29 is 0 Å². The lowest BCUT2D eigenvalue weighted by atomic mass is 10.1. The maximum Gasteiger partial charge on any atom is 0.154 e. The summed E-state index contributed by atoms with van der Waals surface area (Å²) in [5, 5.41) is 18.1. The summed E-state index contributed by atoms with van der Waals surface area (Å²) >= 11 is 11.7. The number of azo groups is 2. The molecule has 0 fully saturated rings. The number of anilines is 10. The molecule has 0 saturated heterocycles. The number of nitrogen functional groups attached to an aromatic ring is 10. The molecule has 428 valence electrons. The Bertz CT molecular complexity index is 3950. The molecule has 2 aromatic carbocycles. The minimum absolute atomic E-state index is 0.233. The molecule has 10 aromatic rings. The first-order valence-electron chi connectivity index (χ1n) is 25.9. The lowest BCUT2D eigenvalue weighted by Crippen LogP contribution is -2.06. The van der Waals surface area contributed by atoms with Gasteiger partial charge in [0.2, 0.25) is 0 Å². The molecule has 24 heteroatoms. The number of aromatic nitrogens is 8. The maximum atomic E-state index is 6.01. The fourth-order valence-electron chi connectivity index (χ4n) is 8.03. The summed E-state index contributed by atoms with van der Waals surface area (Å²) in [6.07, 6.45) is 2.28. The standard InChI is InChI=1S/2C18H17ClN6.2C12H15N5/c1-11-3-2-4-15(22-11)9-12-10-16(20)23-18(21)17(12)25-24-14-7-5-13(19)6-8-14;1-11-3-2-4-15(22-11)9-12-10-16(18(21)23-17(12)20)25-24-14-7-5-13(19)6-8-14;1-7-3-2-4-9(16-7)5-8-6-10(13)17-12(15)11(8)14;1-7-3-2-4-9(16-7)5-8-6-10(13)12(15)17-11(8)14/h2*2-8,10H,9H2,1H3,(H4,20,21,23);2-4,6H,5,14H2,1H3,(H4,13,15,17);2-4,6H,5,13H2,1H3,(H4,14,15,17). The van der Waals surface area contributed by atoms with Crippen molar-refractivity contribution in [2.45, 2.75) is 53.4 Å². The summed E-state index contributed by atoms with van der Waals surface area (Å²) < 4.78 is 0. The molecule has 0 atom stereocenters. The highest BCUT2D eigenvalue weighted by Crippen LogP contribution is 2.32. The SMILES string of the molecule is Cc1cccc(Cc2cc(N)c(N)nc2N)n1.Cc1cccc(Cc2cc(N)nc(N)c2N)n1.Cc1cccc(Cc2cc(N)nc(N)c2N=Nc2ccc(Cl)cc2)n1.Cc1cccc(Cc2cc(N=Nc3ccc(Cl)cc3)c(N)nc2N)n1. The van der Waals surface area contributed by atoms with Gasteiger partial charge < -0.3 is 57.3 Å². The highest BCUT2D eigenvalue weighted by Gasteiger charge is 2.14. The number of aryl methyl sites for hydroxylation is 4. The van der Waals surface area contributed by atoms with Crippen molar-refractivity contribution in [3.63, 3.8) is 0 Å². The summed E-state index contributed by atoms with van der Waals surface area (Å²) in [7, 11) is 0. The molecular formula is C60H64Cl2N22. The zero-order valence-electron chi connectivity index (χ0n) is 46.6. The van der Waals surface area contributed by atoms with Gasteiger partial charge in [-0.3, -0.25) is 19.9 Å². The molecule has 84 heavy (non-hydrogen) atoms. The van der Waals surface area contributed by atoms with Crippen LogP contribution in [0.5, 0.6) is 0 Å². The third-order valence-electron chi connectivity index (χ3n) is 12.1. The van der Waals surface area contributed by atoms with E-state index in [9.17, 15) is 0 Å². The second kappa shape index (κ2) is 28.7. The van der Waals surface area contributed by atoms with Crippen LogP contribution in [0.3, 0.4) is 0 Å². The molecule has 8 heterocycles. The second-order valence-electron chi connectivity index (χ2n) is 19.0. The summed E-state index contributed by atoms with van der Waals surface area (Å²) in [6, 6.07) is 44.5. The van der Waals surface area contributed by atoms with E-state index in [-0.39, 0.29) is 23.3 Å². The van der Waals surface area contributed by atoms with Crippen LogP contribution in [0.2, 0.25) is 10.0 Å². The van der Waals surface area contributed by atoms with E-state index in [4.69, 9.17) is 80.5 Å². The Morgan fingerprint density at radius 3 is 1.17 bits per heavy atom. The molecular weight excluding hydrogens is 1100 g/mol. The van der Waals surface area contributed by atoms with Crippen LogP contribution in [0.25, 0.3) is 0 Å². The van der Waals surface area contributed by atoms with E-state index < -0.39 is 0 Å². The van der Waals surface area contributed by atoms with Gasteiger partial charge in [0.1, 0.15) is 46.3 Å². The zero-order valence-corrected chi connectivity index (χ0v) is 48.1. The molecule has 0 bridgehead atoms. The average molecular weight is 1160 g/mol. The van der Waals surface area contributed by atoms with Crippen LogP contribution in [0.1, 0.15) is 67.8 Å². The largest absolute Gasteiger partial charge is 0.396 e.